The Labute approximate surface area is 69.1 Å². The fourth-order valence-corrected chi connectivity index (χ4v) is 1.70. The average molecular weight is 152 g/mol. The Morgan fingerprint density at radius 1 is 1.64 bits per heavy atom. The van der Waals surface area contributed by atoms with Crippen molar-refractivity contribution in [3.63, 3.8) is 0 Å². The van der Waals surface area contributed by atoms with E-state index in [2.05, 4.69) is 19.8 Å². The molecule has 0 amide bonds. The van der Waals surface area contributed by atoms with Crippen molar-refractivity contribution in [2.24, 2.45) is 5.92 Å². The van der Waals surface area contributed by atoms with E-state index in [0.717, 1.165) is 25.9 Å². The van der Waals surface area contributed by atoms with Crippen molar-refractivity contribution in [1.29, 1.82) is 0 Å². The molecule has 0 saturated carbocycles. The van der Waals surface area contributed by atoms with E-state index in [0.29, 0.717) is 5.92 Å². The molecule has 0 spiro atoms. The minimum atomic E-state index is 0.0553. The molecule has 1 rings (SSSR count). The van der Waals surface area contributed by atoms with Gasteiger partial charge < -0.3 is 4.74 Å². The van der Waals surface area contributed by atoms with Gasteiger partial charge in [0.15, 0.2) is 0 Å². The smallest absolute Gasteiger partial charge is 0.0629 e. The number of terminal acetylenes is 1. The molecule has 1 fully saturated rings. The minimum absolute atomic E-state index is 0.0553. The van der Waals surface area contributed by atoms with E-state index in [1.807, 2.05) is 0 Å². The Hall–Kier alpha value is -0.480. The Kier molecular flexibility index (Phi) is 2.57. The molecule has 1 heteroatoms. The normalized spacial score (nSPS) is 29.4. The summed E-state index contributed by atoms with van der Waals surface area (Å²) in [7, 11) is 0. The van der Waals surface area contributed by atoms with Gasteiger partial charge in [-0.05, 0) is 32.6 Å². The maximum absolute atomic E-state index is 5.57. The van der Waals surface area contributed by atoms with Gasteiger partial charge in [0.1, 0.15) is 0 Å². The first-order valence-electron chi connectivity index (χ1n) is 4.21. The molecule has 0 aromatic rings. The van der Waals surface area contributed by atoms with E-state index in [1.165, 1.54) is 0 Å². The average Bonchev–Trinajstić information content (AvgIpc) is 1.85. The van der Waals surface area contributed by atoms with Gasteiger partial charge in [-0.1, -0.05) is 0 Å². The molecule has 1 nitrogen and oxygen atoms in total. The summed E-state index contributed by atoms with van der Waals surface area (Å²) in [5.41, 5.74) is 0.0553. The number of rotatable bonds is 1. The van der Waals surface area contributed by atoms with E-state index in [1.54, 1.807) is 0 Å². The highest BCUT2D eigenvalue weighted by Crippen LogP contribution is 2.29. The summed E-state index contributed by atoms with van der Waals surface area (Å²) < 4.78 is 5.57. The molecule has 1 heterocycles. The number of hydrogen-bond donors (Lipinski definition) is 0. The standard InChI is InChI=1S/C10H16O/c1-4-5-9-6-7-11-10(2,3)8-9/h1,9H,5-8H2,2-3H3. The molecule has 0 radical (unpaired) electrons. The van der Waals surface area contributed by atoms with Gasteiger partial charge >= 0.3 is 0 Å². The highest BCUT2D eigenvalue weighted by atomic mass is 16.5. The lowest BCUT2D eigenvalue weighted by Gasteiger charge is -2.34. The fraction of sp³-hybridized carbons (Fsp3) is 0.800. The van der Waals surface area contributed by atoms with Crippen LogP contribution in [-0.4, -0.2) is 12.2 Å². The summed E-state index contributed by atoms with van der Waals surface area (Å²) >= 11 is 0. The molecule has 1 saturated heterocycles. The van der Waals surface area contributed by atoms with Crippen molar-refractivity contribution in [2.45, 2.75) is 38.7 Å². The van der Waals surface area contributed by atoms with Gasteiger partial charge in [0.2, 0.25) is 0 Å². The molecule has 1 aliphatic heterocycles. The van der Waals surface area contributed by atoms with Crippen LogP contribution in [0.4, 0.5) is 0 Å². The predicted octanol–water partition coefficient (Wildman–Crippen LogP) is 2.21. The van der Waals surface area contributed by atoms with E-state index in [4.69, 9.17) is 11.2 Å². The van der Waals surface area contributed by atoms with E-state index in [9.17, 15) is 0 Å². The van der Waals surface area contributed by atoms with Crippen molar-refractivity contribution in [3.8, 4) is 12.3 Å². The van der Waals surface area contributed by atoms with Crippen molar-refractivity contribution in [1.82, 2.24) is 0 Å². The first-order chi connectivity index (χ1) is 5.14. The summed E-state index contributed by atoms with van der Waals surface area (Å²) in [5, 5.41) is 0. The molecule has 0 aromatic carbocycles. The molecule has 62 valence electrons. The van der Waals surface area contributed by atoms with Crippen LogP contribution in [0.1, 0.15) is 33.1 Å². The zero-order valence-electron chi connectivity index (χ0n) is 7.39. The molecular formula is C10H16O. The summed E-state index contributed by atoms with van der Waals surface area (Å²) in [6, 6.07) is 0. The zero-order valence-corrected chi connectivity index (χ0v) is 7.39. The summed E-state index contributed by atoms with van der Waals surface area (Å²) in [6.45, 7) is 5.14. The van der Waals surface area contributed by atoms with Crippen LogP contribution in [0.25, 0.3) is 0 Å². The van der Waals surface area contributed by atoms with Crippen LogP contribution in [0.3, 0.4) is 0 Å². The second kappa shape index (κ2) is 3.28. The molecule has 1 aliphatic rings. The van der Waals surface area contributed by atoms with E-state index < -0.39 is 0 Å². The van der Waals surface area contributed by atoms with Gasteiger partial charge in [-0.15, -0.1) is 12.3 Å². The Balaban J connectivity index is 2.41. The highest BCUT2D eigenvalue weighted by molar-refractivity contribution is 4.90. The van der Waals surface area contributed by atoms with Crippen LogP contribution in [-0.2, 0) is 4.74 Å². The van der Waals surface area contributed by atoms with Gasteiger partial charge in [0.25, 0.3) is 0 Å². The SMILES string of the molecule is C#CCC1CCOC(C)(C)C1. The summed E-state index contributed by atoms with van der Waals surface area (Å²) in [6.07, 6.45) is 8.41. The molecule has 1 unspecified atom stereocenters. The third-order valence-corrected chi connectivity index (χ3v) is 2.21. The largest absolute Gasteiger partial charge is 0.376 e. The van der Waals surface area contributed by atoms with Crippen LogP contribution in [0.2, 0.25) is 0 Å². The number of ether oxygens (including phenoxy) is 1. The molecule has 1 atom stereocenters. The molecule has 0 bridgehead atoms. The van der Waals surface area contributed by atoms with Crippen molar-refractivity contribution < 1.29 is 4.74 Å². The lowest BCUT2D eigenvalue weighted by molar-refractivity contribution is -0.0713. The van der Waals surface area contributed by atoms with Crippen LogP contribution in [0, 0.1) is 18.3 Å². The van der Waals surface area contributed by atoms with Crippen LogP contribution in [0.5, 0.6) is 0 Å². The zero-order chi connectivity index (χ0) is 8.32. The maximum Gasteiger partial charge on any atom is 0.0629 e. The van der Waals surface area contributed by atoms with Gasteiger partial charge in [-0.2, -0.15) is 0 Å². The second-order valence-corrected chi connectivity index (χ2v) is 3.88. The highest BCUT2D eigenvalue weighted by Gasteiger charge is 2.27. The third kappa shape index (κ3) is 2.55. The third-order valence-electron chi connectivity index (χ3n) is 2.21. The Bertz CT molecular complexity index is 164. The first-order valence-corrected chi connectivity index (χ1v) is 4.21. The second-order valence-electron chi connectivity index (χ2n) is 3.88. The topological polar surface area (TPSA) is 9.23 Å². The Morgan fingerprint density at radius 2 is 2.36 bits per heavy atom. The maximum atomic E-state index is 5.57. The van der Waals surface area contributed by atoms with Crippen LogP contribution >= 0.6 is 0 Å². The molecule has 0 aliphatic carbocycles. The van der Waals surface area contributed by atoms with Crippen molar-refractivity contribution >= 4 is 0 Å². The quantitative estimate of drug-likeness (QED) is 0.523. The van der Waals surface area contributed by atoms with E-state index >= 15 is 0 Å². The van der Waals surface area contributed by atoms with Crippen LogP contribution < -0.4 is 0 Å². The van der Waals surface area contributed by atoms with Crippen molar-refractivity contribution in [2.75, 3.05) is 6.61 Å². The van der Waals surface area contributed by atoms with Gasteiger partial charge in [0, 0.05) is 13.0 Å². The minimum Gasteiger partial charge on any atom is -0.376 e. The van der Waals surface area contributed by atoms with Gasteiger partial charge in [-0.25, -0.2) is 0 Å². The summed E-state index contributed by atoms with van der Waals surface area (Å²) in [5.74, 6) is 3.40. The van der Waals surface area contributed by atoms with Crippen LogP contribution in [0.15, 0.2) is 0 Å². The molecule has 11 heavy (non-hydrogen) atoms. The lowest BCUT2D eigenvalue weighted by atomic mass is 9.86. The van der Waals surface area contributed by atoms with E-state index in [-0.39, 0.29) is 5.60 Å². The summed E-state index contributed by atoms with van der Waals surface area (Å²) in [4.78, 5) is 0. The fourth-order valence-electron chi connectivity index (χ4n) is 1.70. The Morgan fingerprint density at radius 3 is 2.91 bits per heavy atom. The molecule has 0 aromatic heterocycles. The predicted molar refractivity (Wildman–Crippen MR) is 46.2 cm³/mol. The molecular weight excluding hydrogens is 136 g/mol. The monoisotopic (exact) mass is 152 g/mol. The number of hydrogen-bond acceptors (Lipinski definition) is 1. The lowest BCUT2D eigenvalue weighted by Crippen LogP contribution is -2.33. The van der Waals surface area contributed by atoms with Gasteiger partial charge in [0.05, 0.1) is 5.60 Å². The first kappa shape index (κ1) is 8.62. The van der Waals surface area contributed by atoms with Gasteiger partial charge in [-0.3, -0.25) is 0 Å². The molecule has 0 N–H and O–H groups in total. The van der Waals surface area contributed by atoms with Crippen molar-refractivity contribution in [3.05, 3.63) is 0 Å².